The van der Waals surface area contributed by atoms with Crippen molar-refractivity contribution >= 4 is 26.9 Å². The second-order valence-corrected chi connectivity index (χ2v) is 6.81. The molecule has 0 bridgehead atoms. The number of hydrogen-bond acceptors (Lipinski definition) is 4. The van der Waals surface area contributed by atoms with E-state index in [0.29, 0.717) is 6.42 Å². The monoisotopic (exact) mass is 393 g/mol. The van der Waals surface area contributed by atoms with Crippen LogP contribution in [0.2, 0.25) is 0 Å². The maximum absolute atomic E-state index is 6.50. The summed E-state index contributed by atoms with van der Waals surface area (Å²) in [6.45, 7) is 0. The van der Waals surface area contributed by atoms with Gasteiger partial charge in [0.05, 0.1) is 0 Å². The molecule has 0 aliphatic rings. The average Bonchev–Trinajstić information content (AvgIpc) is 3.05. The van der Waals surface area contributed by atoms with Crippen molar-refractivity contribution in [2.75, 3.05) is 0 Å². The molecule has 4 aromatic rings. The van der Waals surface area contributed by atoms with Crippen LogP contribution < -0.4 is 5.73 Å². The fraction of sp³-hybridized carbons (Fsp3) is 0.100. The van der Waals surface area contributed by atoms with Gasteiger partial charge in [-0.3, -0.25) is 4.98 Å². The summed E-state index contributed by atoms with van der Waals surface area (Å²) in [6, 6.07) is 19.7. The number of fused-ring (bicyclic) bond motifs is 1. The molecule has 0 fully saturated rings. The summed E-state index contributed by atoms with van der Waals surface area (Å²) in [5, 5.41) is 5.26. The van der Waals surface area contributed by atoms with Crippen LogP contribution >= 0.6 is 15.9 Å². The Labute approximate surface area is 153 Å². The van der Waals surface area contributed by atoms with Gasteiger partial charge in [0.25, 0.3) is 0 Å². The summed E-state index contributed by atoms with van der Waals surface area (Å²) >= 11 is 3.46. The van der Waals surface area contributed by atoms with Crippen molar-refractivity contribution in [2.24, 2.45) is 5.73 Å². The first-order valence-corrected chi connectivity index (χ1v) is 8.81. The Bertz CT molecular complexity index is 1010. The van der Waals surface area contributed by atoms with Crippen LogP contribution in [0.15, 0.2) is 75.9 Å². The number of pyridine rings is 1. The minimum atomic E-state index is -0.173. The van der Waals surface area contributed by atoms with E-state index in [4.69, 9.17) is 10.3 Å². The molecule has 4 rings (SSSR count). The Hall–Kier alpha value is -2.50. The zero-order chi connectivity index (χ0) is 17.2. The lowest BCUT2D eigenvalue weighted by molar-refractivity contribution is 0.459. The van der Waals surface area contributed by atoms with Crippen molar-refractivity contribution < 1.29 is 4.52 Å². The number of nitrogens with two attached hydrogens (primary N) is 1. The maximum atomic E-state index is 6.50. The van der Waals surface area contributed by atoms with Gasteiger partial charge in [0.15, 0.2) is 5.58 Å². The van der Waals surface area contributed by atoms with Gasteiger partial charge in [0.1, 0.15) is 5.69 Å². The summed E-state index contributed by atoms with van der Waals surface area (Å²) in [7, 11) is 0. The third kappa shape index (κ3) is 3.21. The Morgan fingerprint density at radius 2 is 1.88 bits per heavy atom. The molecule has 0 aliphatic heterocycles. The predicted molar refractivity (Wildman–Crippen MR) is 102 cm³/mol. The lowest BCUT2D eigenvalue weighted by Gasteiger charge is -2.15. The Balaban J connectivity index is 1.76. The topological polar surface area (TPSA) is 64.9 Å². The van der Waals surface area contributed by atoms with Crippen LogP contribution in [-0.4, -0.2) is 10.1 Å². The summed E-state index contributed by atoms with van der Waals surface area (Å²) < 4.78 is 6.47. The van der Waals surface area contributed by atoms with E-state index in [1.54, 1.807) is 6.20 Å². The molecule has 0 amide bonds. The van der Waals surface area contributed by atoms with Crippen LogP contribution in [0.1, 0.15) is 17.3 Å². The lowest BCUT2D eigenvalue weighted by Crippen LogP contribution is -2.15. The van der Waals surface area contributed by atoms with Crippen molar-refractivity contribution in [3.63, 3.8) is 0 Å². The van der Waals surface area contributed by atoms with Crippen LogP contribution in [0.25, 0.3) is 22.2 Å². The third-order valence-corrected chi connectivity index (χ3v) is 4.70. The van der Waals surface area contributed by atoms with Gasteiger partial charge >= 0.3 is 0 Å². The summed E-state index contributed by atoms with van der Waals surface area (Å²) in [4.78, 5) is 4.38. The first-order chi connectivity index (χ1) is 12.2. The molecule has 0 radical (unpaired) electrons. The molecule has 2 aromatic heterocycles. The highest BCUT2D eigenvalue weighted by Crippen LogP contribution is 2.34. The molecule has 124 valence electrons. The van der Waals surface area contributed by atoms with Crippen LogP contribution in [0.4, 0.5) is 0 Å². The van der Waals surface area contributed by atoms with Crippen molar-refractivity contribution in [3.05, 3.63) is 82.6 Å². The van der Waals surface area contributed by atoms with Crippen LogP contribution in [-0.2, 0) is 6.42 Å². The molecule has 1 unspecified atom stereocenters. The summed E-state index contributed by atoms with van der Waals surface area (Å²) in [5.74, 6) is 0. The molecule has 0 spiro atoms. The fourth-order valence-corrected chi connectivity index (χ4v) is 3.34. The SMILES string of the molecule is NC(Cc1ccccn1)c1ccccc1-c1noc2cc(Br)ccc12. The van der Waals surface area contributed by atoms with E-state index >= 15 is 0 Å². The molecule has 4 nitrogen and oxygen atoms in total. The smallest absolute Gasteiger partial charge is 0.168 e. The van der Waals surface area contributed by atoms with Crippen LogP contribution in [0.3, 0.4) is 0 Å². The average molecular weight is 394 g/mol. The first-order valence-electron chi connectivity index (χ1n) is 8.02. The molecular weight excluding hydrogens is 378 g/mol. The van der Waals surface area contributed by atoms with E-state index in [-0.39, 0.29) is 6.04 Å². The quantitative estimate of drug-likeness (QED) is 0.535. The van der Waals surface area contributed by atoms with Crippen molar-refractivity contribution in [1.29, 1.82) is 0 Å². The molecule has 0 saturated heterocycles. The minimum absolute atomic E-state index is 0.173. The van der Waals surface area contributed by atoms with Gasteiger partial charge in [-0.05, 0) is 35.9 Å². The number of hydrogen-bond donors (Lipinski definition) is 1. The van der Waals surface area contributed by atoms with Gasteiger partial charge in [0, 0.05) is 39.8 Å². The van der Waals surface area contributed by atoms with Crippen molar-refractivity contribution in [1.82, 2.24) is 10.1 Å². The molecule has 5 heteroatoms. The van der Waals surface area contributed by atoms with Crippen LogP contribution in [0.5, 0.6) is 0 Å². The molecule has 2 heterocycles. The van der Waals surface area contributed by atoms with Gasteiger partial charge in [-0.25, -0.2) is 0 Å². The van der Waals surface area contributed by atoms with Gasteiger partial charge < -0.3 is 10.3 Å². The molecule has 0 saturated carbocycles. The Morgan fingerprint density at radius 3 is 2.72 bits per heavy atom. The maximum Gasteiger partial charge on any atom is 0.168 e. The number of rotatable bonds is 4. The van der Waals surface area contributed by atoms with E-state index in [0.717, 1.165) is 38.0 Å². The van der Waals surface area contributed by atoms with E-state index in [1.807, 2.05) is 60.7 Å². The summed E-state index contributed by atoms with van der Waals surface area (Å²) in [6.07, 6.45) is 2.45. The normalized spacial score (nSPS) is 12.4. The van der Waals surface area contributed by atoms with Crippen molar-refractivity contribution in [3.8, 4) is 11.3 Å². The third-order valence-electron chi connectivity index (χ3n) is 4.20. The second kappa shape index (κ2) is 6.78. The van der Waals surface area contributed by atoms with E-state index in [9.17, 15) is 0 Å². The van der Waals surface area contributed by atoms with Crippen LogP contribution in [0, 0.1) is 0 Å². The van der Waals surface area contributed by atoms with Gasteiger partial charge in [0.2, 0.25) is 0 Å². The second-order valence-electron chi connectivity index (χ2n) is 5.89. The number of aromatic nitrogens is 2. The first kappa shape index (κ1) is 16.0. The number of halogens is 1. The van der Waals surface area contributed by atoms with Gasteiger partial charge in [-0.2, -0.15) is 0 Å². The number of nitrogens with zero attached hydrogens (tertiary/aromatic N) is 2. The lowest BCUT2D eigenvalue weighted by atomic mass is 9.94. The minimum Gasteiger partial charge on any atom is -0.356 e. The van der Waals surface area contributed by atoms with Crippen molar-refractivity contribution in [2.45, 2.75) is 12.5 Å². The number of benzene rings is 2. The standard InChI is InChI=1S/C20H16BrN3O/c21-13-8-9-17-19(11-13)25-24-20(17)16-7-2-1-6-15(16)18(22)12-14-5-3-4-10-23-14/h1-11,18H,12,22H2. The molecule has 1 atom stereocenters. The Morgan fingerprint density at radius 1 is 1.04 bits per heavy atom. The fourth-order valence-electron chi connectivity index (χ4n) is 3.00. The summed E-state index contributed by atoms with van der Waals surface area (Å²) in [5.41, 5.74) is 11.1. The van der Waals surface area contributed by atoms with E-state index in [2.05, 4.69) is 26.1 Å². The van der Waals surface area contributed by atoms with Gasteiger partial charge in [-0.1, -0.05) is 51.4 Å². The zero-order valence-electron chi connectivity index (χ0n) is 13.4. The van der Waals surface area contributed by atoms with E-state index < -0.39 is 0 Å². The molecule has 2 N–H and O–H groups in total. The molecule has 25 heavy (non-hydrogen) atoms. The van der Waals surface area contributed by atoms with E-state index in [1.165, 1.54) is 0 Å². The Kier molecular flexibility index (Phi) is 4.34. The molecular formula is C20H16BrN3O. The highest BCUT2D eigenvalue weighted by molar-refractivity contribution is 9.10. The molecule has 0 aliphatic carbocycles. The highest BCUT2D eigenvalue weighted by Gasteiger charge is 2.18. The highest BCUT2D eigenvalue weighted by atomic mass is 79.9. The predicted octanol–water partition coefficient (Wildman–Crippen LogP) is 4.89. The largest absolute Gasteiger partial charge is 0.356 e. The van der Waals surface area contributed by atoms with Gasteiger partial charge in [-0.15, -0.1) is 0 Å². The zero-order valence-corrected chi connectivity index (χ0v) is 15.0. The molecule has 2 aromatic carbocycles.